The summed E-state index contributed by atoms with van der Waals surface area (Å²) in [6.07, 6.45) is 0.0769. The smallest absolute Gasteiger partial charge is 0.325 e. The second-order valence-electron chi connectivity index (χ2n) is 3.98. The molecule has 1 aromatic heterocycles. The van der Waals surface area contributed by atoms with Crippen LogP contribution in [0, 0.1) is 0 Å². The van der Waals surface area contributed by atoms with E-state index in [0.29, 0.717) is 21.5 Å². The van der Waals surface area contributed by atoms with Crippen LogP contribution in [0.3, 0.4) is 0 Å². The molecule has 110 valence electrons. The molecule has 21 heavy (non-hydrogen) atoms. The van der Waals surface area contributed by atoms with E-state index in [2.05, 4.69) is 20.4 Å². The van der Waals surface area contributed by atoms with Crippen molar-refractivity contribution in [3.8, 4) is 0 Å². The Bertz CT molecular complexity index is 642. The lowest BCUT2D eigenvalue weighted by atomic mass is 10.3. The summed E-state index contributed by atoms with van der Waals surface area (Å²) < 4.78 is 4.55. The van der Waals surface area contributed by atoms with Crippen molar-refractivity contribution in [3.63, 3.8) is 0 Å². The van der Waals surface area contributed by atoms with Gasteiger partial charge in [0.1, 0.15) is 0 Å². The van der Waals surface area contributed by atoms with Gasteiger partial charge in [0, 0.05) is 16.1 Å². The van der Waals surface area contributed by atoms with Crippen LogP contribution in [0.25, 0.3) is 0 Å². The van der Waals surface area contributed by atoms with Crippen LogP contribution in [0.5, 0.6) is 0 Å². The number of esters is 1. The maximum atomic E-state index is 11.8. The number of hydrogen-bond donors (Lipinski definition) is 2. The van der Waals surface area contributed by atoms with Crippen LogP contribution in [0.1, 0.15) is 5.69 Å². The number of hydrogen-bond acceptors (Lipinski definition) is 5. The Labute approximate surface area is 130 Å². The van der Waals surface area contributed by atoms with Crippen molar-refractivity contribution in [3.05, 3.63) is 40.4 Å². The fraction of sp³-hybridized carbons (Fsp3) is 0.154. The van der Waals surface area contributed by atoms with Gasteiger partial charge < -0.3 is 10.1 Å². The molecule has 0 bridgehead atoms. The molecular weight excluding hydrogens is 314 g/mol. The quantitative estimate of drug-likeness (QED) is 0.846. The number of nitrogens with one attached hydrogen (secondary N) is 2. The Morgan fingerprint density at radius 3 is 2.67 bits per heavy atom. The summed E-state index contributed by atoms with van der Waals surface area (Å²) in [7, 11) is 1.31. The minimum absolute atomic E-state index is 0.0769. The van der Waals surface area contributed by atoms with Crippen molar-refractivity contribution in [1.82, 2.24) is 4.98 Å². The molecule has 2 amide bonds. The number of carbonyl (C=O) groups excluding carboxylic acids is 2. The third-order valence-electron chi connectivity index (χ3n) is 2.43. The van der Waals surface area contributed by atoms with Gasteiger partial charge in [-0.15, -0.1) is 11.3 Å². The van der Waals surface area contributed by atoms with E-state index in [1.165, 1.54) is 18.4 Å². The first-order valence-corrected chi connectivity index (χ1v) is 7.17. The van der Waals surface area contributed by atoms with Gasteiger partial charge in [-0.3, -0.25) is 10.1 Å². The Kier molecular flexibility index (Phi) is 5.13. The molecule has 0 spiro atoms. The van der Waals surface area contributed by atoms with Gasteiger partial charge >= 0.3 is 12.0 Å². The zero-order chi connectivity index (χ0) is 15.2. The average molecular weight is 326 g/mol. The van der Waals surface area contributed by atoms with Gasteiger partial charge in [-0.2, -0.15) is 0 Å². The number of thiazole rings is 1. The molecule has 1 heterocycles. The highest BCUT2D eigenvalue weighted by atomic mass is 35.5. The second kappa shape index (κ2) is 7.05. The first-order chi connectivity index (χ1) is 10.1. The Hall–Kier alpha value is -2.12. The monoisotopic (exact) mass is 325 g/mol. The molecule has 6 nitrogen and oxygen atoms in total. The maximum absolute atomic E-state index is 11.8. The van der Waals surface area contributed by atoms with Crippen molar-refractivity contribution in [1.29, 1.82) is 0 Å². The molecule has 0 saturated heterocycles. The molecule has 0 aliphatic carbocycles. The molecule has 0 aliphatic rings. The van der Waals surface area contributed by atoms with Crippen LogP contribution in [0.2, 0.25) is 5.02 Å². The van der Waals surface area contributed by atoms with Crippen molar-refractivity contribution in [2.75, 3.05) is 17.7 Å². The maximum Gasteiger partial charge on any atom is 0.325 e. The van der Waals surface area contributed by atoms with E-state index in [9.17, 15) is 9.59 Å². The summed E-state index contributed by atoms with van der Waals surface area (Å²) in [6.45, 7) is 0. The number of urea groups is 1. The predicted molar refractivity (Wildman–Crippen MR) is 81.9 cm³/mol. The van der Waals surface area contributed by atoms with Gasteiger partial charge in [0.15, 0.2) is 5.13 Å². The molecular formula is C13H12ClN3O3S. The number of ether oxygens (including phenoxy) is 1. The molecule has 2 rings (SSSR count). The molecule has 1 aromatic carbocycles. The lowest BCUT2D eigenvalue weighted by Gasteiger charge is -2.05. The Morgan fingerprint density at radius 2 is 2.00 bits per heavy atom. The second-order valence-corrected chi connectivity index (χ2v) is 5.28. The fourth-order valence-electron chi connectivity index (χ4n) is 1.46. The summed E-state index contributed by atoms with van der Waals surface area (Å²) in [5, 5.41) is 7.92. The number of rotatable bonds is 4. The summed E-state index contributed by atoms with van der Waals surface area (Å²) >= 11 is 6.99. The third kappa shape index (κ3) is 4.73. The van der Waals surface area contributed by atoms with Gasteiger partial charge in [0.05, 0.1) is 19.2 Å². The number of carbonyl (C=O) groups is 2. The van der Waals surface area contributed by atoms with Crippen molar-refractivity contribution < 1.29 is 14.3 Å². The summed E-state index contributed by atoms with van der Waals surface area (Å²) in [5.41, 5.74) is 1.16. The number of methoxy groups -OCH3 is 1. The van der Waals surface area contributed by atoms with Crippen LogP contribution in [-0.2, 0) is 16.0 Å². The van der Waals surface area contributed by atoms with Crippen LogP contribution < -0.4 is 10.6 Å². The largest absolute Gasteiger partial charge is 0.469 e. The van der Waals surface area contributed by atoms with Gasteiger partial charge in [0.2, 0.25) is 0 Å². The molecule has 2 aromatic rings. The van der Waals surface area contributed by atoms with Crippen molar-refractivity contribution in [2.45, 2.75) is 6.42 Å². The normalized spacial score (nSPS) is 10.0. The topological polar surface area (TPSA) is 80.3 Å². The SMILES string of the molecule is COC(=O)Cc1csc(NC(=O)Nc2ccc(Cl)cc2)n1. The molecule has 0 radical (unpaired) electrons. The van der Waals surface area contributed by atoms with Crippen molar-refractivity contribution >= 4 is 45.8 Å². The van der Waals surface area contributed by atoms with Crippen LogP contribution in [0.15, 0.2) is 29.6 Å². The van der Waals surface area contributed by atoms with Gasteiger partial charge in [-0.1, -0.05) is 11.6 Å². The van der Waals surface area contributed by atoms with E-state index in [4.69, 9.17) is 11.6 Å². The number of nitrogens with zero attached hydrogens (tertiary/aromatic N) is 1. The Morgan fingerprint density at radius 1 is 1.29 bits per heavy atom. The number of halogens is 1. The summed E-state index contributed by atoms with van der Waals surface area (Å²) in [4.78, 5) is 27.0. The van der Waals surface area contributed by atoms with Gasteiger partial charge in [0.25, 0.3) is 0 Å². The highest BCUT2D eigenvalue weighted by molar-refractivity contribution is 7.13. The van der Waals surface area contributed by atoms with Crippen LogP contribution in [-0.4, -0.2) is 24.1 Å². The summed E-state index contributed by atoms with van der Waals surface area (Å²) in [6, 6.07) is 6.31. The van der Waals surface area contributed by atoms with E-state index < -0.39 is 6.03 Å². The number of amides is 2. The average Bonchev–Trinajstić information content (AvgIpc) is 2.88. The zero-order valence-corrected chi connectivity index (χ0v) is 12.6. The minimum Gasteiger partial charge on any atom is -0.469 e. The lowest BCUT2D eigenvalue weighted by Crippen LogP contribution is -2.19. The van der Waals surface area contributed by atoms with E-state index in [1.54, 1.807) is 29.6 Å². The van der Waals surface area contributed by atoms with E-state index in [0.717, 1.165) is 0 Å². The van der Waals surface area contributed by atoms with E-state index >= 15 is 0 Å². The molecule has 8 heteroatoms. The fourth-order valence-corrected chi connectivity index (χ4v) is 2.29. The van der Waals surface area contributed by atoms with Gasteiger partial charge in [-0.05, 0) is 24.3 Å². The van der Waals surface area contributed by atoms with Crippen LogP contribution in [0.4, 0.5) is 15.6 Å². The zero-order valence-electron chi connectivity index (χ0n) is 11.1. The van der Waals surface area contributed by atoms with E-state index in [1.807, 2.05) is 0 Å². The predicted octanol–water partition coefficient (Wildman–Crippen LogP) is 3.16. The highest BCUT2D eigenvalue weighted by Gasteiger charge is 2.10. The number of benzene rings is 1. The minimum atomic E-state index is -0.420. The molecule has 0 saturated carbocycles. The lowest BCUT2D eigenvalue weighted by molar-refractivity contribution is -0.139. The molecule has 0 aliphatic heterocycles. The first kappa shape index (κ1) is 15.3. The highest BCUT2D eigenvalue weighted by Crippen LogP contribution is 2.17. The summed E-state index contributed by atoms with van der Waals surface area (Å²) in [5.74, 6) is -0.377. The third-order valence-corrected chi connectivity index (χ3v) is 3.49. The van der Waals surface area contributed by atoms with E-state index in [-0.39, 0.29) is 12.4 Å². The van der Waals surface area contributed by atoms with Crippen molar-refractivity contribution in [2.24, 2.45) is 0 Å². The van der Waals surface area contributed by atoms with Crippen LogP contribution >= 0.6 is 22.9 Å². The first-order valence-electron chi connectivity index (χ1n) is 5.91. The molecule has 0 fully saturated rings. The standard InChI is InChI=1S/C13H12ClN3O3S/c1-20-11(18)6-10-7-21-13(16-10)17-12(19)15-9-4-2-8(14)3-5-9/h2-5,7H,6H2,1H3,(H2,15,16,17,19). The van der Waals surface area contributed by atoms with Gasteiger partial charge in [-0.25, -0.2) is 9.78 Å². The number of aromatic nitrogens is 1. The molecule has 2 N–H and O–H groups in total. The number of anilines is 2. The molecule has 0 atom stereocenters. The Balaban J connectivity index is 1.90. The molecule has 0 unspecified atom stereocenters.